The lowest BCUT2D eigenvalue weighted by molar-refractivity contribution is 0.102. The average molecular weight is 387 g/mol. The lowest BCUT2D eigenvalue weighted by Gasteiger charge is -2.14. The van der Waals surface area contributed by atoms with Gasteiger partial charge in [-0.3, -0.25) is 9.89 Å². The maximum atomic E-state index is 12.6. The van der Waals surface area contributed by atoms with Crippen LogP contribution in [0.4, 0.5) is 5.69 Å². The van der Waals surface area contributed by atoms with Crippen LogP contribution in [0.5, 0.6) is 0 Å². The van der Waals surface area contributed by atoms with Crippen LogP contribution in [0.25, 0.3) is 0 Å². The molecule has 1 aliphatic rings. The number of carbonyl (C=O) groups excluding carboxylic acids is 1. The number of nitrogens with zero attached hydrogens (tertiary/aromatic N) is 1. The van der Waals surface area contributed by atoms with Gasteiger partial charge in [0, 0.05) is 45.9 Å². The topological polar surface area (TPSA) is 69.8 Å². The number of thioether (sulfide) groups is 1. The Hall–Kier alpha value is -1.21. The van der Waals surface area contributed by atoms with E-state index in [1.807, 2.05) is 12.1 Å². The number of anilines is 1. The van der Waals surface area contributed by atoms with E-state index < -0.39 is 0 Å². The fourth-order valence-corrected chi connectivity index (χ4v) is 3.61. The molecule has 0 spiro atoms. The summed E-state index contributed by atoms with van der Waals surface area (Å²) in [6, 6.07) is 5.55. The Morgan fingerprint density at radius 2 is 2.21 bits per heavy atom. The predicted molar refractivity (Wildman–Crippen MR) is 102 cm³/mol. The number of H-pyrrole nitrogens is 1. The molecular formula is C16H20Cl2N4OS. The molecule has 0 unspecified atom stereocenters. The summed E-state index contributed by atoms with van der Waals surface area (Å²) in [6.45, 7) is 5.79. The van der Waals surface area contributed by atoms with Crippen molar-refractivity contribution in [1.29, 1.82) is 0 Å². The maximum Gasteiger partial charge on any atom is 0.276 e. The van der Waals surface area contributed by atoms with E-state index in [0.717, 1.165) is 34.8 Å². The minimum absolute atomic E-state index is 0. The monoisotopic (exact) mass is 386 g/mol. The van der Waals surface area contributed by atoms with Crippen LogP contribution in [0.15, 0.2) is 23.1 Å². The van der Waals surface area contributed by atoms with Crippen molar-refractivity contribution in [1.82, 2.24) is 15.5 Å². The van der Waals surface area contributed by atoms with E-state index >= 15 is 0 Å². The molecule has 0 fully saturated rings. The Balaban J connectivity index is 0.00000208. The Labute approximate surface area is 156 Å². The number of halogens is 2. The van der Waals surface area contributed by atoms with Crippen molar-refractivity contribution in [2.75, 3.05) is 11.9 Å². The second-order valence-corrected chi connectivity index (χ2v) is 7.77. The standard InChI is InChI=1S/C16H19ClN4OS.ClH/c1-9(2)23-14-4-3-10(17)7-13(14)19-16(22)15-11-8-18-6-5-12(11)20-21-15;/h3-4,7,9,18H,5-6,8H2,1-2H3,(H,19,22)(H,20,21);1H. The van der Waals surface area contributed by atoms with Crippen molar-refractivity contribution in [3.8, 4) is 0 Å². The first-order chi connectivity index (χ1) is 11.0. The van der Waals surface area contributed by atoms with Crippen molar-refractivity contribution >= 4 is 47.4 Å². The van der Waals surface area contributed by atoms with Crippen LogP contribution in [0, 0.1) is 0 Å². The minimum Gasteiger partial charge on any atom is -0.319 e. The Morgan fingerprint density at radius 1 is 1.42 bits per heavy atom. The molecule has 0 radical (unpaired) electrons. The Kier molecular flexibility index (Phi) is 6.57. The van der Waals surface area contributed by atoms with Gasteiger partial charge >= 0.3 is 0 Å². The zero-order chi connectivity index (χ0) is 16.4. The zero-order valence-electron chi connectivity index (χ0n) is 13.5. The number of rotatable bonds is 4. The molecule has 0 aliphatic carbocycles. The van der Waals surface area contributed by atoms with Gasteiger partial charge in [0.25, 0.3) is 5.91 Å². The number of benzene rings is 1. The molecule has 24 heavy (non-hydrogen) atoms. The van der Waals surface area contributed by atoms with E-state index in [2.05, 4.69) is 34.7 Å². The van der Waals surface area contributed by atoms with Crippen molar-refractivity contribution in [3.05, 3.63) is 40.2 Å². The number of hydrogen-bond acceptors (Lipinski definition) is 4. The van der Waals surface area contributed by atoms with Crippen LogP contribution >= 0.6 is 35.8 Å². The van der Waals surface area contributed by atoms with Gasteiger partial charge in [0.15, 0.2) is 5.69 Å². The largest absolute Gasteiger partial charge is 0.319 e. The molecule has 3 N–H and O–H groups in total. The quantitative estimate of drug-likeness (QED) is 0.697. The van der Waals surface area contributed by atoms with Crippen LogP contribution in [0.1, 0.15) is 35.6 Å². The molecule has 0 saturated carbocycles. The molecule has 5 nitrogen and oxygen atoms in total. The predicted octanol–water partition coefficient (Wildman–Crippen LogP) is 3.88. The van der Waals surface area contributed by atoms with E-state index in [9.17, 15) is 4.79 Å². The lowest BCUT2D eigenvalue weighted by atomic mass is 10.1. The molecule has 8 heteroatoms. The van der Waals surface area contributed by atoms with Gasteiger partial charge in [0.2, 0.25) is 0 Å². The Bertz CT molecular complexity index is 733. The molecule has 0 saturated heterocycles. The third-order valence-electron chi connectivity index (χ3n) is 3.57. The molecule has 1 aliphatic heterocycles. The summed E-state index contributed by atoms with van der Waals surface area (Å²) in [5.74, 6) is -0.209. The summed E-state index contributed by atoms with van der Waals surface area (Å²) in [6.07, 6.45) is 0.862. The minimum atomic E-state index is -0.209. The number of hydrogen-bond donors (Lipinski definition) is 3. The molecule has 130 valence electrons. The number of carbonyl (C=O) groups is 1. The van der Waals surface area contributed by atoms with Gasteiger partial charge in [-0.15, -0.1) is 24.2 Å². The maximum absolute atomic E-state index is 12.6. The van der Waals surface area contributed by atoms with Crippen LogP contribution < -0.4 is 10.6 Å². The molecule has 2 heterocycles. The molecule has 3 rings (SSSR count). The number of fused-ring (bicyclic) bond motifs is 1. The van der Waals surface area contributed by atoms with Crippen LogP contribution in [-0.2, 0) is 13.0 Å². The van der Waals surface area contributed by atoms with Gasteiger partial charge in [-0.2, -0.15) is 5.10 Å². The normalized spacial score (nSPS) is 13.3. The van der Waals surface area contributed by atoms with E-state index in [1.165, 1.54) is 0 Å². The molecule has 0 bridgehead atoms. The van der Waals surface area contributed by atoms with Crippen LogP contribution in [0.3, 0.4) is 0 Å². The molecule has 2 aromatic rings. The van der Waals surface area contributed by atoms with Crippen LogP contribution in [0.2, 0.25) is 5.02 Å². The summed E-state index contributed by atoms with van der Waals surface area (Å²) in [5.41, 5.74) is 3.17. The third kappa shape index (κ3) is 4.25. The molecule has 1 amide bonds. The fourth-order valence-electron chi connectivity index (χ4n) is 2.55. The summed E-state index contributed by atoms with van der Waals surface area (Å²) >= 11 is 7.77. The van der Waals surface area contributed by atoms with E-state index in [1.54, 1.807) is 17.8 Å². The summed E-state index contributed by atoms with van der Waals surface area (Å²) < 4.78 is 0. The van der Waals surface area contributed by atoms with Gasteiger partial charge in [-0.05, 0) is 18.2 Å². The van der Waals surface area contributed by atoms with Gasteiger partial charge in [-0.25, -0.2) is 0 Å². The highest BCUT2D eigenvalue weighted by Crippen LogP contribution is 2.33. The van der Waals surface area contributed by atoms with E-state index in [4.69, 9.17) is 11.6 Å². The van der Waals surface area contributed by atoms with E-state index in [-0.39, 0.29) is 18.3 Å². The zero-order valence-corrected chi connectivity index (χ0v) is 15.9. The van der Waals surface area contributed by atoms with Gasteiger partial charge in [0.1, 0.15) is 0 Å². The molecular weight excluding hydrogens is 367 g/mol. The van der Waals surface area contributed by atoms with Gasteiger partial charge < -0.3 is 10.6 Å². The molecule has 1 aromatic carbocycles. The van der Waals surface area contributed by atoms with Gasteiger partial charge in [0.05, 0.1) is 5.69 Å². The first-order valence-electron chi connectivity index (χ1n) is 7.59. The summed E-state index contributed by atoms with van der Waals surface area (Å²) in [4.78, 5) is 13.6. The first-order valence-corrected chi connectivity index (χ1v) is 8.84. The highest BCUT2D eigenvalue weighted by atomic mass is 35.5. The number of aromatic amines is 1. The van der Waals surface area contributed by atoms with Crippen molar-refractivity contribution in [2.24, 2.45) is 0 Å². The third-order valence-corrected chi connectivity index (χ3v) is 4.89. The smallest absolute Gasteiger partial charge is 0.276 e. The van der Waals surface area contributed by atoms with Crippen molar-refractivity contribution < 1.29 is 4.79 Å². The number of nitrogens with one attached hydrogen (secondary N) is 3. The second kappa shape index (κ2) is 8.25. The highest BCUT2D eigenvalue weighted by Gasteiger charge is 2.22. The van der Waals surface area contributed by atoms with E-state index in [0.29, 0.717) is 22.5 Å². The average Bonchev–Trinajstić information content (AvgIpc) is 2.93. The lowest BCUT2D eigenvalue weighted by Crippen LogP contribution is -2.25. The number of amides is 1. The SMILES string of the molecule is CC(C)Sc1ccc(Cl)cc1NC(=O)c1n[nH]c2c1CNCC2.Cl. The first kappa shape index (κ1) is 19.1. The van der Waals surface area contributed by atoms with Crippen molar-refractivity contribution in [3.63, 3.8) is 0 Å². The summed E-state index contributed by atoms with van der Waals surface area (Å²) in [7, 11) is 0. The Morgan fingerprint density at radius 3 is 2.96 bits per heavy atom. The molecule has 0 atom stereocenters. The van der Waals surface area contributed by atoms with Crippen LogP contribution in [-0.4, -0.2) is 27.9 Å². The molecule has 1 aromatic heterocycles. The second-order valence-electron chi connectivity index (χ2n) is 5.72. The van der Waals surface area contributed by atoms with Crippen molar-refractivity contribution in [2.45, 2.75) is 37.0 Å². The fraction of sp³-hybridized carbons (Fsp3) is 0.375. The summed E-state index contributed by atoms with van der Waals surface area (Å²) in [5, 5.41) is 14.4. The highest BCUT2D eigenvalue weighted by molar-refractivity contribution is 8.00. The van der Waals surface area contributed by atoms with Gasteiger partial charge in [-0.1, -0.05) is 25.4 Å². The number of aromatic nitrogens is 2.